The summed E-state index contributed by atoms with van der Waals surface area (Å²) in [5.41, 5.74) is -0.444. The maximum absolute atomic E-state index is 13.7. The van der Waals surface area contributed by atoms with E-state index in [0.29, 0.717) is 0 Å². The summed E-state index contributed by atoms with van der Waals surface area (Å²) in [6.45, 7) is 2.86. The van der Waals surface area contributed by atoms with Gasteiger partial charge in [-0.15, -0.1) is 11.3 Å². The van der Waals surface area contributed by atoms with Crippen molar-refractivity contribution >= 4 is 17.2 Å². The molecular weight excluding hydrogens is 411 g/mol. The zero-order valence-electron chi connectivity index (χ0n) is 15.3. The Morgan fingerprint density at radius 1 is 1.14 bits per heavy atom. The van der Waals surface area contributed by atoms with E-state index < -0.39 is 35.3 Å². The van der Waals surface area contributed by atoms with Crippen molar-refractivity contribution in [1.29, 1.82) is 0 Å². The molecule has 152 valence electrons. The topological polar surface area (TPSA) is 42.0 Å². The Morgan fingerprint density at radius 3 is 2.41 bits per heavy atom. The van der Waals surface area contributed by atoms with Crippen molar-refractivity contribution in [2.24, 2.45) is 0 Å². The summed E-state index contributed by atoms with van der Waals surface area (Å²) in [6.07, 6.45) is -4.48. The third kappa shape index (κ3) is 4.61. The van der Waals surface area contributed by atoms with Gasteiger partial charge in [-0.3, -0.25) is 4.79 Å². The van der Waals surface area contributed by atoms with Crippen LogP contribution in [0.5, 0.6) is 0 Å². The SMILES string of the molecule is Cc1c(F)cc(C(C)NC(=O)c2csc(-c3cccc(C(F)(F)F)c3)n2)cc1F. The lowest BCUT2D eigenvalue weighted by molar-refractivity contribution is -0.137. The summed E-state index contributed by atoms with van der Waals surface area (Å²) in [6, 6.07) is 6.22. The van der Waals surface area contributed by atoms with Crippen LogP contribution >= 0.6 is 11.3 Å². The Morgan fingerprint density at radius 2 is 1.79 bits per heavy atom. The number of thiazole rings is 1. The molecule has 0 fully saturated rings. The highest BCUT2D eigenvalue weighted by Crippen LogP contribution is 2.33. The maximum Gasteiger partial charge on any atom is 0.416 e. The van der Waals surface area contributed by atoms with Gasteiger partial charge in [0.2, 0.25) is 0 Å². The molecule has 3 rings (SSSR count). The van der Waals surface area contributed by atoms with E-state index in [1.807, 2.05) is 0 Å². The Labute approximate surface area is 167 Å². The molecule has 9 heteroatoms. The fraction of sp³-hybridized carbons (Fsp3) is 0.200. The number of amides is 1. The summed E-state index contributed by atoms with van der Waals surface area (Å²) in [5.74, 6) is -2.04. The molecule has 2 aromatic carbocycles. The van der Waals surface area contributed by atoms with Gasteiger partial charge >= 0.3 is 6.18 Å². The van der Waals surface area contributed by atoms with Crippen LogP contribution in [0.3, 0.4) is 0 Å². The van der Waals surface area contributed by atoms with Gasteiger partial charge in [0.25, 0.3) is 5.91 Å². The van der Waals surface area contributed by atoms with Gasteiger partial charge < -0.3 is 5.32 Å². The third-order valence-corrected chi connectivity index (χ3v) is 5.22. The predicted octanol–water partition coefficient (Wildman–Crippen LogP) is 5.91. The number of carbonyl (C=O) groups excluding carboxylic acids is 1. The van der Waals surface area contributed by atoms with Crippen molar-refractivity contribution in [3.05, 3.63) is 75.8 Å². The fourth-order valence-corrected chi connectivity index (χ4v) is 3.41. The quantitative estimate of drug-likeness (QED) is 0.528. The zero-order valence-corrected chi connectivity index (χ0v) is 16.1. The highest BCUT2D eigenvalue weighted by molar-refractivity contribution is 7.13. The largest absolute Gasteiger partial charge is 0.416 e. The van der Waals surface area contributed by atoms with Gasteiger partial charge in [0, 0.05) is 16.5 Å². The molecular formula is C20H15F5N2OS. The van der Waals surface area contributed by atoms with E-state index in [4.69, 9.17) is 0 Å². The van der Waals surface area contributed by atoms with Gasteiger partial charge in [-0.05, 0) is 43.7 Å². The number of hydrogen-bond donors (Lipinski definition) is 1. The van der Waals surface area contributed by atoms with Crippen LogP contribution in [-0.4, -0.2) is 10.9 Å². The second kappa shape index (κ2) is 7.90. The molecule has 0 radical (unpaired) electrons. The normalized spacial score (nSPS) is 12.7. The number of nitrogens with zero attached hydrogens (tertiary/aromatic N) is 1. The number of hydrogen-bond acceptors (Lipinski definition) is 3. The van der Waals surface area contributed by atoms with Crippen LogP contribution in [0.1, 0.15) is 40.1 Å². The van der Waals surface area contributed by atoms with E-state index in [0.717, 1.165) is 35.6 Å². The van der Waals surface area contributed by atoms with E-state index in [-0.39, 0.29) is 27.4 Å². The molecule has 1 aromatic heterocycles. The lowest BCUT2D eigenvalue weighted by atomic mass is 10.1. The van der Waals surface area contributed by atoms with Crippen LogP contribution < -0.4 is 5.32 Å². The van der Waals surface area contributed by atoms with Gasteiger partial charge in [-0.1, -0.05) is 12.1 Å². The van der Waals surface area contributed by atoms with Crippen LogP contribution in [0.2, 0.25) is 0 Å². The van der Waals surface area contributed by atoms with Gasteiger partial charge in [0.1, 0.15) is 22.3 Å². The van der Waals surface area contributed by atoms with Crippen molar-refractivity contribution in [3.63, 3.8) is 0 Å². The van der Waals surface area contributed by atoms with Crippen LogP contribution in [0.15, 0.2) is 41.8 Å². The van der Waals surface area contributed by atoms with Gasteiger partial charge in [0.15, 0.2) is 0 Å². The van der Waals surface area contributed by atoms with Gasteiger partial charge in [0.05, 0.1) is 11.6 Å². The molecule has 1 heterocycles. The Kier molecular flexibility index (Phi) is 5.70. The van der Waals surface area contributed by atoms with Gasteiger partial charge in [-0.25, -0.2) is 13.8 Å². The van der Waals surface area contributed by atoms with Crippen LogP contribution in [0, 0.1) is 18.6 Å². The summed E-state index contributed by atoms with van der Waals surface area (Å²) in [5, 5.41) is 4.24. The lowest BCUT2D eigenvalue weighted by Gasteiger charge is -2.14. The van der Waals surface area contributed by atoms with E-state index in [1.54, 1.807) is 6.92 Å². The highest BCUT2D eigenvalue weighted by atomic mass is 32.1. The molecule has 1 unspecified atom stereocenters. The predicted molar refractivity (Wildman–Crippen MR) is 99.5 cm³/mol. The standard InChI is InChI=1S/C20H15F5N2OS/c1-10-15(21)7-13(8-16(10)22)11(2)26-18(28)17-9-29-19(27-17)12-4-3-5-14(6-12)20(23,24)25/h3-9,11H,1-2H3,(H,26,28). The van der Waals surface area contributed by atoms with Crippen molar-refractivity contribution in [3.8, 4) is 10.6 Å². The van der Waals surface area contributed by atoms with Crippen LogP contribution in [-0.2, 0) is 6.18 Å². The number of halogens is 5. The molecule has 0 bridgehead atoms. The third-order valence-electron chi connectivity index (χ3n) is 4.32. The molecule has 0 spiro atoms. The summed E-state index contributed by atoms with van der Waals surface area (Å²) >= 11 is 1.02. The average molecular weight is 426 g/mol. The van der Waals surface area contributed by atoms with E-state index in [2.05, 4.69) is 10.3 Å². The van der Waals surface area contributed by atoms with E-state index in [1.165, 1.54) is 24.4 Å². The van der Waals surface area contributed by atoms with Crippen molar-refractivity contribution in [2.45, 2.75) is 26.1 Å². The monoisotopic (exact) mass is 426 g/mol. The summed E-state index contributed by atoms with van der Waals surface area (Å²) < 4.78 is 66.1. The minimum absolute atomic E-state index is 0.00215. The summed E-state index contributed by atoms with van der Waals surface area (Å²) in [4.78, 5) is 16.5. The molecule has 0 aliphatic rings. The Bertz CT molecular complexity index is 1040. The Hall–Kier alpha value is -2.81. The second-order valence-electron chi connectivity index (χ2n) is 6.42. The molecule has 0 aliphatic carbocycles. The van der Waals surface area contributed by atoms with E-state index in [9.17, 15) is 26.7 Å². The number of alkyl halides is 3. The Balaban J connectivity index is 1.78. The number of carbonyl (C=O) groups is 1. The molecule has 1 N–H and O–H groups in total. The van der Waals surface area contributed by atoms with Crippen LogP contribution in [0.4, 0.5) is 22.0 Å². The molecule has 0 aliphatic heterocycles. The number of aromatic nitrogens is 1. The first-order valence-electron chi connectivity index (χ1n) is 8.46. The van der Waals surface area contributed by atoms with Crippen molar-refractivity contribution in [2.75, 3.05) is 0 Å². The maximum atomic E-state index is 13.7. The van der Waals surface area contributed by atoms with Gasteiger partial charge in [-0.2, -0.15) is 13.2 Å². The molecule has 0 saturated heterocycles. The molecule has 1 atom stereocenters. The molecule has 3 nitrogen and oxygen atoms in total. The minimum atomic E-state index is -4.48. The smallest absolute Gasteiger partial charge is 0.344 e. The zero-order chi connectivity index (χ0) is 21.3. The summed E-state index contributed by atoms with van der Waals surface area (Å²) in [7, 11) is 0. The average Bonchev–Trinajstić information content (AvgIpc) is 3.15. The molecule has 0 saturated carbocycles. The number of benzene rings is 2. The van der Waals surface area contributed by atoms with E-state index >= 15 is 0 Å². The molecule has 3 aromatic rings. The minimum Gasteiger partial charge on any atom is -0.344 e. The number of rotatable bonds is 4. The first-order valence-corrected chi connectivity index (χ1v) is 9.34. The lowest BCUT2D eigenvalue weighted by Crippen LogP contribution is -2.27. The molecule has 29 heavy (non-hydrogen) atoms. The second-order valence-corrected chi connectivity index (χ2v) is 7.28. The van der Waals surface area contributed by atoms with Crippen molar-refractivity contribution in [1.82, 2.24) is 10.3 Å². The highest BCUT2D eigenvalue weighted by Gasteiger charge is 2.30. The first-order chi connectivity index (χ1) is 13.6. The van der Waals surface area contributed by atoms with Crippen LogP contribution in [0.25, 0.3) is 10.6 Å². The fourth-order valence-electron chi connectivity index (χ4n) is 2.61. The number of nitrogens with one attached hydrogen (secondary N) is 1. The first kappa shape index (κ1) is 20.9. The molecule has 1 amide bonds. The van der Waals surface area contributed by atoms with Crippen molar-refractivity contribution < 1.29 is 26.7 Å².